The maximum atomic E-state index is 9.10. The first-order chi connectivity index (χ1) is 11.7. The van der Waals surface area contributed by atoms with Crippen LogP contribution >= 0.6 is 23.2 Å². The lowest BCUT2D eigenvalue weighted by atomic mass is 10.2. The first-order valence-corrected chi connectivity index (χ1v) is 8.43. The molecule has 0 spiro atoms. The molecule has 0 aliphatic carbocycles. The SMILES string of the molecule is CC(COc1cc(Cl)ccc1Cl)N1CCN(C)CC1.O=C(O)C(=O)O. The standard InChI is InChI=1S/C14H20Cl2N2O.C2H2O4/c1-11(18-7-5-17(2)6-8-18)10-19-14-9-12(15)3-4-13(14)16;3-1(4)2(5)6/h3-4,9,11H,5-8,10H2,1-2H3;(H,3,4)(H,5,6). The average molecular weight is 393 g/mol. The Labute approximate surface area is 156 Å². The van der Waals surface area contributed by atoms with E-state index in [4.69, 9.17) is 47.7 Å². The molecular weight excluding hydrogens is 371 g/mol. The zero-order valence-electron chi connectivity index (χ0n) is 14.1. The van der Waals surface area contributed by atoms with Crippen molar-refractivity contribution in [2.75, 3.05) is 39.8 Å². The van der Waals surface area contributed by atoms with Crippen molar-refractivity contribution < 1.29 is 24.5 Å². The number of carbonyl (C=O) groups is 2. The molecule has 2 N–H and O–H groups in total. The molecule has 2 rings (SSSR count). The van der Waals surface area contributed by atoms with Crippen molar-refractivity contribution in [1.82, 2.24) is 9.80 Å². The summed E-state index contributed by atoms with van der Waals surface area (Å²) >= 11 is 12.0. The van der Waals surface area contributed by atoms with Crippen molar-refractivity contribution >= 4 is 35.1 Å². The van der Waals surface area contributed by atoms with Gasteiger partial charge in [-0.3, -0.25) is 4.90 Å². The van der Waals surface area contributed by atoms with Gasteiger partial charge < -0.3 is 19.8 Å². The number of aliphatic carboxylic acids is 2. The summed E-state index contributed by atoms with van der Waals surface area (Å²) in [5.74, 6) is -2.99. The van der Waals surface area contributed by atoms with Gasteiger partial charge in [0.1, 0.15) is 12.4 Å². The number of likely N-dealkylation sites (N-methyl/N-ethyl adjacent to an activating group) is 1. The fourth-order valence-corrected chi connectivity index (χ4v) is 2.50. The Balaban J connectivity index is 0.000000450. The minimum Gasteiger partial charge on any atom is -0.490 e. The molecule has 9 heteroatoms. The molecule has 0 aromatic heterocycles. The molecule has 0 amide bonds. The van der Waals surface area contributed by atoms with Crippen molar-refractivity contribution in [3.8, 4) is 5.75 Å². The highest BCUT2D eigenvalue weighted by atomic mass is 35.5. The van der Waals surface area contributed by atoms with Crippen LogP contribution in [0.5, 0.6) is 5.75 Å². The number of nitrogens with zero attached hydrogens (tertiary/aromatic N) is 2. The van der Waals surface area contributed by atoms with Crippen LogP contribution in [0.25, 0.3) is 0 Å². The third-order valence-corrected chi connectivity index (χ3v) is 4.26. The van der Waals surface area contributed by atoms with Crippen molar-refractivity contribution in [2.24, 2.45) is 0 Å². The lowest BCUT2D eigenvalue weighted by molar-refractivity contribution is -0.159. The van der Waals surface area contributed by atoms with Crippen LogP contribution in [0.3, 0.4) is 0 Å². The van der Waals surface area contributed by atoms with Crippen LogP contribution in [0.2, 0.25) is 10.0 Å². The first kappa shape index (κ1) is 21.5. The number of hydrogen-bond donors (Lipinski definition) is 2. The minimum atomic E-state index is -1.82. The van der Waals surface area contributed by atoms with E-state index in [0.29, 0.717) is 28.4 Å². The number of piperazine rings is 1. The molecular formula is C16H22Cl2N2O5. The maximum absolute atomic E-state index is 9.10. The summed E-state index contributed by atoms with van der Waals surface area (Å²) < 4.78 is 5.79. The van der Waals surface area contributed by atoms with E-state index in [2.05, 4.69) is 23.8 Å². The van der Waals surface area contributed by atoms with E-state index in [1.54, 1.807) is 18.2 Å². The summed E-state index contributed by atoms with van der Waals surface area (Å²) in [5.41, 5.74) is 0. The highest BCUT2D eigenvalue weighted by molar-refractivity contribution is 6.34. The molecule has 1 aliphatic rings. The van der Waals surface area contributed by atoms with Crippen LogP contribution < -0.4 is 4.74 Å². The largest absolute Gasteiger partial charge is 0.490 e. The Morgan fingerprint density at radius 1 is 1.16 bits per heavy atom. The van der Waals surface area contributed by atoms with Crippen LogP contribution in [-0.2, 0) is 9.59 Å². The molecule has 140 valence electrons. The summed E-state index contributed by atoms with van der Waals surface area (Å²) in [6, 6.07) is 5.67. The van der Waals surface area contributed by atoms with Gasteiger partial charge in [-0.15, -0.1) is 0 Å². The number of carboxylic acid groups (broad SMARTS) is 2. The fraction of sp³-hybridized carbons (Fsp3) is 0.500. The number of carboxylic acids is 2. The molecule has 1 unspecified atom stereocenters. The average Bonchev–Trinajstić information content (AvgIpc) is 2.56. The van der Waals surface area contributed by atoms with Crippen LogP contribution in [0, 0.1) is 0 Å². The molecule has 0 radical (unpaired) electrons. The van der Waals surface area contributed by atoms with Gasteiger partial charge in [-0.2, -0.15) is 0 Å². The molecule has 0 saturated carbocycles. The van der Waals surface area contributed by atoms with Gasteiger partial charge in [-0.1, -0.05) is 23.2 Å². The summed E-state index contributed by atoms with van der Waals surface area (Å²) in [5, 5.41) is 16.0. The van der Waals surface area contributed by atoms with Gasteiger partial charge in [0.2, 0.25) is 0 Å². The van der Waals surface area contributed by atoms with Crippen LogP contribution in [0.1, 0.15) is 6.92 Å². The van der Waals surface area contributed by atoms with E-state index in [9.17, 15) is 0 Å². The highest BCUT2D eigenvalue weighted by Gasteiger charge is 2.19. The van der Waals surface area contributed by atoms with Crippen molar-refractivity contribution in [3.05, 3.63) is 28.2 Å². The predicted molar refractivity (Wildman–Crippen MR) is 95.8 cm³/mol. The number of hydrogen-bond acceptors (Lipinski definition) is 5. The van der Waals surface area contributed by atoms with Gasteiger partial charge in [-0.25, -0.2) is 9.59 Å². The van der Waals surface area contributed by atoms with Gasteiger partial charge in [0.25, 0.3) is 0 Å². The number of halogens is 2. The number of rotatable bonds is 4. The Morgan fingerprint density at radius 2 is 1.72 bits per heavy atom. The minimum absolute atomic E-state index is 0.378. The monoisotopic (exact) mass is 392 g/mol. The predicted octanol–water partition coefficient (Wildman–Crippen LogP) is 2.16. The Bertz CT molecular complexity index is 580. The van der Waals surface area contributed by atoms with E-state index in [1.165, 1.54) is 0 Å². The third-order valence-electron chi connectivity index (χ3n) is 3.72. The molecule has 25 heavy (non-hydrogen) atoms. The summed E-state index contributed by atoms with van der Waals surface area (Å²) in [4.78, 5) is 23.0. The van der Waals surface area contributed by atoms with Crippen LogP contribution in [-0.4, -0.2) is 77.8 Å². The number of ether oxygens (including phenoxy) is 1. The molecule has 1 saturated heterocycles. The third kappa shape index (κ3) is 7.92. The Kier molecular flexibility index (Phi) is 8.99. The summed E-state index contributed by atoms with van der Waals surface area (Å²) in [7, 11) is 2.16. The Hall–Kier alpha value is -1.54. The normalized spacial score (nSPS) is 16.5. The van der Waals surface area contributed by atoms with Crippen molar-refractivity contribution in [1.29, 1.82) is 0 Å². The molecule has 1 aromatic carbocycles. The van der Waals surface area contributed by atoms with Gasteiger partial charge in [0.05, 0.1) is 5.02 Å². The van der Waals surface area contributed by atoms with Gasteiger partial charge >= 0.3 is 11.9 Å². The van der Waals surface area contributed by atoms with Crippen molar-refractivity contribution in [2.45, 2.75) is 13.0 Å². The molecule has 1 fully saturated rings. The van der Waals surface area contributed by atoms with Gasteiger partial charge in [-0.05, 0) is 26.1 Å². The first-order valence-electron chi connectivity index (χ1n) is 7.67. The van der Waals surface area contributed by atoms with E-state index in [-0.39, 0.29) is 0 Å². The fourth-order valence-electron chi connectivity index (χ4n) is 2.17. The lowest BCUT2D eigenvalue weighted by Crippen LogP contribution is -2.49. The van der Waals surface area contributed by atoms with Gasteiger partial charge in [0, 0.05) is 43.3 Å². The molecule has 1 heterocycles. The molecule has 0 bridgehead atoms. The van der Waals surface area contributed by atoms with Gasteiger partial charge in [0.15, 0.2) is 0 Å². The molecule has 7 nitrogen and oxygen atoms in total. The smallest absolute Gasteiger partial charge is 0.414 e. The second-order valence-electron chi connectivity index (χ2n) is 5.68. The van der Waals surface area contributed by atoms with Crippen LogP contribution in [0.4, 0.5) is 0 Å². The Morgan fingerprint density at radius 3 is 2.24 bits per heavy atom. The lowest BCUT2D eigenvalue weighted by Gasteiger charge is -2.36. The molecule has 1 atom stereocenters. The molecule has 1 aromatic rings. The maximum Gasteiger partial charge on any atom is 0.414 e. The zero-order valence-corrected chi connectivity index (χ0v) is 15.6. The highest BCUT2D eigenvalue weighted by Crippen LogP contribution is 2.27. The zero-order chi connectivity index (χ0) is 19.0. The second kappa shape index (κ2) is 10.5. The van der Waals surface area contributed by atoms with Crippen LogP contribution in [0.15, 0.2) is 18.2 Å². The van der Waals surface area contributed by atoms with E-state index in [1.807, 2.05) is 0 Å². The van der Waals surface area contributed by atoms with Crippen molar-refractivity contribution in [3.63, 3.8) is 0 Å². The quantitative estimate of drug-likeness (QED) is 0.758. The van der Waals surface area contributed by atoms with E-state index in [0.717, 1.165) is 26.2 Å². The summed E-state index contributed by atoms with van der Waals surface area (Å²) in [6.07, 6.45) is 0. The molecule has 1 aliphatic heterocycles. The topological polar surface area (TPSA) is 90.3 Å². The van der Waals surface area contributed by atoms with E-state index < -0.39 is 11.9 Å². The number of benzene rings is 1. The second-order valence-corrected chi connectivity index (χ2v) is 6.53. The van der Waals surface area contributed by atoms with E-state index >= 15 is 0 Å². The summed E-state index contributed by atoms with van der Waals surface area (Å²) in [6.45, 7) is 7.21.